The van der Waals surface area contributed by atoms with Crippen molar-refractivity contribution >= 4 is 17.2 Å². The van der Waals surface area contributed by atoms with Crippen molar-refractivity contribution in [1.29, 1.82) is 0 Å². The SMILES string of the molecule is CN1C(=S)C(C)(C)C1c1ccccc1. The Morgan fingerprint density at radius 3 is 2.29 bits per heavy atom. The average molecular weight is 205 g/mol. The molecule has 2 rings (SSSR count). The lowest BCUT2D eigenvalue weighted by molar-refractivity contribution is 0.146. The molecule has 0 aromatic heterocycles. The summed E-state index contributed by atoms with van der Waals surface area (Å²) in [4.78, 5) is 3.25. The fourth-order valence-electron chi connectivity index (χ4n) is 2.38. The molecule has 1 fully saturated rings. The molecule has 1 aromatic rings. The van der Waals surface area contributed by atoms with Gasteiger partial charge in [-0.15, -0.1) is 0 Å². The number of rotatable bonds is 1. The summed E-state index contributed by atoms with van der Waals surface area (Å²) in [6.07, 6.45) is 0. The first-order valence-corrected chi connectivity index (χ1v) is 5.28. The van der Waals surface area contributed by atoms with Crippen LogP contribution in [0.2, 0.25) is 0 Å². The van der Waals surface area contributed by atoms with Crippen molar-refractivity contribution in [1.82, 2.24) is 4.90 Å². The fourth-order valence-corrected chi connectivity index (χ4v) is 2.60. The van der Waals surface area contributed by atoms with Gasteiger partial charge in [-0.2, -0.15) is 0 Å². The molecule has 14 heavy (non-hydrogen) atoms. The largest absolute Gasteiger partial charge is 0.361 e. The quantitative estimate of drug-likeness (QED) is 0.648. The maximum atomic E-state index is 5.35. The summed E-state index contributed by atoms with van der Waals surface area (Å²) < 4.78 is 0. The molecule has 0 amide bonds. The third-order valence-corrected chi connectivity index (χ3v) is 3.87. The van der Waals surface area contributed by atoms with Crippen molar-refractivity contribution in [2.24, 2.45) is 5.41 Å². The van der Waals surface area contributed by atoms with Gasteiger partial charge in [-0.3, -0.25) is 0 Å². The standard InChI is InChI=1S/C12H15NS/c1-12(2)10(13(3)11(12)14)9-7-5-4-6-8-9/h4-8,10H,1-3H3. The third-order valence-electron chi connectivity index (χ3n) is 3.06. The second-order valence-corrected chi connectivity index (χ2v) is 4.84. The summed E-state index contributed by atoms with van der Waals surface area (Å²) in [6.45, 7) is 4.43. The first kappa shape index (κ1) is 9.66. The van der Waals surface area contributed by atoms with Gasteiger partial charge in [-0.1, -0.05) is 56.4 Å². The molecule has 2 heteroatoms. The minimum atomic E-state index is 0.130. The van der Waals surface area contributed by atoms with Gasteiger partial charge in [0.25, 0.3) is 0 Å². The van der Waals surface area contributed by atoms with E-state index >= 15 is 0 Å². The van der Waals surface area contributed by atoms with Crippen LogP contribution in [0.1, 0.15) is 25.5 Å². The van der Waals surface area contributed by atoms with E-state index < -0.39 is 0 Å². The Bertz CT molecular complexity index is 356. The zero-order valence-corrected chi connectivity index (χ0v) is 9.64. The summed E-state index contributed by atoms with van der Waals surface area (Å²) in [6, 6.07) is 11.0. The smallest absolute Gasteiger partial charge is 0.0863 e. The summed E-state index contributed by atoms with van der Waals surface area (Å²) in [5.41, 5.74) is 1.49. The van der Waals surface area contributed by atoms with Crippen LogP contribution < -0.4 is 0 Å². The number of hydrogen-bond donors (Lipinski definition) is 0. The van der Waals surface area contributed by atoms with E-state index in [4.69, 9.17) is 12.2 Å². The highest BCUT2D eigenvalue weighted by molar-refractivity contribution is 7.80. The molecule has 1 saturated heterocycles. The number of likely N-dealkylation sites (tertiary alicyclic amines) is 1. The lowest BCUT2D eigenvalue weighted by atomic mass is 9.72. The van der Waals surface area contributed by atoms with Gasteiger partial charge in [0.05, 0.1) is 11.0 Å². The van der Waals surface area contributed by atoms with Crippen molar-refractivity contribution in [3.05, 3.63) is 35.9 Å². The van der Waals surface area contributed by atoms with Crippen molar-refractivity contribution < 1.29 is 0 Å². The number of benzene rings is 1. The Balaban J connectivity index is 2.34. The van der Waals surface area contributed by atoms with Crippen LogP contribution in [0, 0.1) is 5.41 Å². The predicted molar refractivity (Wildman–Crippen MR) is 63.3 cm³/mol. The Morgan fingerprint density at radius 1 is 1.21 bits per heavy atom. The van der Waals surface area contributed by atoms with Crippen LogP contribution in [-0.2, 0) is 0 Å². The van der Waals surface area contributed by atoms with Crippen LogP contribution in [0.3, 0.4) is 0 Å². The van der Waals surface area contributed by atoms with Crippen LogP contribution in [0.25, 0.3) is 0 Å². The molecular weight excluding hydrogens is 190 g/mol. The predicted octanol–water partition coefficient (Wildman–Crippen LogP) is 3.03. The molecule has 1 aliphatic rings. The fraction of sp³-hybridized carbons (Fsp3) is 0.417. The first-order chi connectivity index (χ1) is 6.55. The molecule has 0 bridgehead atoms. The highest BCUT2D eigenvalue weighted by Crippen LogP contribution is 2.49. The van der Waals surface area contributed by atoms with Gasteiger partial charge < -0.3 is 4.90 Å². The Labute approximate surface area is 90.7 Å². The van der Waals surface area contributed by atoms with E-state index in [0.717, 1.165) is 4.99 Å². The van der Waals surface area contributed by atoms with E-state index in [1.807, 2.05) is 6.07 Å². The molecule has 74 valence electrons. The number of hydrogen-bond acceptors (Lipinski definition) is 1. The zero-order chi connectivity index (χ0) is 10.3. The van der Waals surface area contributed by atoms with Crippen LogP contribution in [0.5, 0.6) is 0 Å². The minimum Gasteiger partial charge on any atom is -0.361 e. The van der Waals surface area contributed by atoms with E-state index in [0.29, 0.717) is 6.04 Å². The average Bonchev–Trinajstić information content (AvgIpc) is 2.18. The van der Waals surface area contributed by atoms with E-state index in [1.54, 1.807) is 0 Å². The van der Waals surface area contributed by atoms with Crippen molar-refractivity contribution in [2.75, 3.05) is 7.05 Å². The third kappa shape index (κ3) is 1.17. The molecule has 1 heterocycles. The van der Waals surface area contributed by atoms with Gasteiger partial charge in [0.2, 0.25) is 0 Å². The van der Waals surface area contributed by atoms with E-state index in [-0.39, 0.29) is 5.41 Å². The molecule has 0 saturated carbocycles. The monoisotopic (exact) mass is 205 g/mol. The molecule has 1 unspecified atom stereocenters. The van der Waals surface area contributed by atoms with Gasteiger partial charge in [-0.05, 0) is 5.56 Å². The first-order valence-electron chi connectivity index (χ1n) is 4.87. The van der Waals surface area contributed by atoms with Crippen molar-refractivity contribution in [3.8, 4) is 0 Å². The van der Waals surface area contributed by atoms with Gasteiger partial charge in [-0.25, -0.2) is 0 Å². The maximum Gasteiger partial charge on any atom is 0.0863 e. The topological polar surface area (TPSA) is 3.24 Å². The van der Waals surface area contributed by atoms with Crippen LogP contribution >= 0.6 is 12.2 Å². The molecule has 0 spiro atoms. The molecule has 0 radical (unpaired) electrons. The maximum absolute atomic E-state index is 5.35. The van der Waals surface area contributed by atoms with Crippen molar-refractivity contribution in [2.45, 2.75) is 19.9 Å². The zero-order valence-electron chi connectivity index (χ0n) is 8.82. The molecule has 0 aliphatic carbocycles. The second kappa shape index (κ2) is 3.06. The Morgan fingerprint density at radius 2 is 1.79 bits per heavy atom. The number of nitrogens with zero attached hydrogens (tertiary/aromatic N) is 1. The summed E-state index contributed by atoms with van der Waals surface area (Å²) in [5, 5.41) is 0. The minimum absolute atomic E-state index is 0.130. The van der Waals surface area contributed by atoms with Gasteiger partial charge in [0, 0.05) is 12.5 Å². The number of thiocarbonyl (C=S) groups is 1. The van der Waals surface area contributed by atoms with E-state index in [2.05, 4.69) is 50.1 Å². The molecule has 1 nitrogen and oxygen atoms in total. The van der Waals surface area contributed by atoms with Gasteiger partial charge in [0.15, 0.2) is 0 Å². The van der Waals surface area contributed by atoms with Crippen LogP contribution in [0.4, 0.5) is 0 Å². The molecule has 0 N–H and O–H groups in total. The second-order valence-electron chi connectivity index (χ2n) is 4.45. The summed E-state index contributed by atoms with van der Waals surface area (Å²) in [5.74, 6) is 0. The Kier molecular flexibility index (Phi) is 2.11. The molecular formula is C12H15NS. The normalized spacial score (nSPS) is 24.6. The Hall–Kier alpha value is -0.890. The van der Waals surface area contributed by atoms with Crippen LogP contribution in [0.15, 0.2) is 30.3 Å². The van der Waals surface area contributed by atoms with E-state index in [9.17, 15) is 0 Å². The van der Waals surface area contributed by atoms with Gasteiger partial charge in [0.1, 0.15) is 0 Å². The molecule has 1 aromatic carbocycles. The lowest BCUT2D eigenvalue weighted by Gasteiger charge is -2.54. The van der Waals surface area contributed by atoms with Crippen LogP contribution in [-0.4, -0.2) is 16.9 Å². The van der Waals surface area contributed by atoms with Gasteiger partial charge >= 0.3 is 0 Å². The summed E-state index contributed by atoms with van der Waals surface area (Å²) >= 11 is 5.35. The summed E-state index contributed by atoms with van der Waals surface area (Å²) in [7, 11) is 2.07. The van der Waals surface area contributed by atoms with E-state index in [1.165, 1.54) is 5.56 Å². The molecule has 1 atom stereocenters. The lowest BCUT2D eigenvalue weighted by Crippen LogP contribution is -2.57. The van der Waals surface area contributed by atoms with Crippen molar-refractivity contribution in [3.63, 3.8) is 0 Å². The highest BCUT2D eigenvalue weighted by Gasteiger charge is 2.49. The highest BCUT2D eigenvalue weighted by atomic mass is 32.1. The molecule has 1 aliphatic heterocycles.